The molecule has 1 aromatic carbocycles. The van der Waals surface area contributed by atoms with E-state index in [0.717, 1.165) is 17.8 Å². The van der Waals surface area contributed by atoms with E-state index in [9.17, 15) is 12.8 Å². The molecule has 0 aliphatic rings. The third-order valence-electron chi connectivity index (χ3n) is 2.74. The molecule has 7 heteroatoms. The molecule has 0 aliphatic heterocycles. The van der Waals surface area contributed by atoms with Gasteiger partial charge in [0.25, 0.3) is 0 Å². The van der Waals surface area contributed by atoms with Crippen molar-refractivity contribution >= 4 is 15.5 Å². The highest BCUT2D eigenvalue weighted by Gasteiger charge is 2.20. The van der Waals surface area contributed by atoms with E-state index in [4.69, 9.17) is 5.73 Å². The molecule has 0 aliphatic carbocycles. The summed E-state index contributed by atoms with van der Waals surface area (Å²) in [5.41, 5.74) is 6.77. The zero-order chi connectivity index (χ0) is 14.2. The second kappa shape index (κ2) is 4.65. The van der Waals surface area contributed by atoms with E-state index in [-0.39, 0.29) is 16.3 Å². The summed E-state index contributed by atoms with van der Waals surface area (Å²) in [4.78, 5) is -0.0623. The molecule has 19 heavy (non-hydrogen) atoms. The van der Waals surface area contributed by atoms with Gasteiger partial charge in [0, 0.05) is 7.05 Å². The average Bonchev–Trinajstić information content (AvgIpc) is 2.55. The molecule has 1 heterocycles. The monoisotopic (exact) mass is 283 g/mol. The van der Waals surface area contributed by atoms with Crippen molar-refractivity contribution in [3.05, 3.63) is 41.5 Å². The van der Waals surface area contributed by atoms with Crippen molar-refractivity contribution in [2.45, 2.75) is 17.6 Å². The van der Waals surface area contributed by atoms with Crippen LogP contribution in [0.1, 0.15) is 11.4 Å². The fourth-order valence-corrected chi connectivity index (χ4v) is 3.38. The number of sulfone groups is 1. The summed E-state index contributed by atoms with van der Waals surface area (Å²) >= 11 is 0. The molecule has 0 saturated carbocycles. The van der Waals surface area contributed by atoms with E-state index < -0.39 is 15.7 Å². The first-order valence-corrected chi connectivity index (χ1v) is 7.22. The Morgan fingerprint density at radius 3 is 2.58 bits per heavy atom. The minimum Gasteiger partial charge on any atom is -0.398 e. The molecule has 0 atom stereocenters. The summed E-state index contributed by atoms with van der Waals surface area (Å²) < 4.78 is 39.0. The van der Waals surface area contributed by atoms with E-state index in [1.54, 1.807) is 20.0 Å². The maximum absolute atomic E-state index is 12.9. The lowest BCUT2D eigenvalue weighted by molar-refractivity contribution is 0.591. The van der Waals surface area contributed by atoms with Gasteiger partial charge in [0.1, 0.15) is 5.82 Å². The summed E-state index contributed by atoms with van der Waals surface area (Å²) in [5.74, 6) is -0.784. The van der Waals surface area contributed by atoms with Crippen LogP contribution in [0, 0.1) is 12.7 Å². The number of nitrogen functional groups attached to an aromatic ring is 1. The van der Waals surface area contributed by atoms with Gasteiger partial charge >= 0.3 is 0 Å². The Morgan fingerprint density at radius 2 is 2.05 bits per heavy atom. The maximum Gasteiger partial charge on any atom is 0.186 e. The Kier molecular flexibility index (Phi) is 3.32. The molecule has 0 unspecified atom stereocenters. The first-order valence-electron chi connectivity index (χ1n) is 5.57. The minimum atomic E-state index is -3.62. The molecular weight excluding hydrogens is 269 g/mol. The maximum atomic E-state index is 12.9. The van der Waals surface area contributed by atoms with Crippen LogP contribution in [-0.4, -0.2) is 18.2 Å². The van der Waals surface area contributed by atoms with Crippen LogP contribution in [0.2, 0.25) is 0 Å². The third-order valence-corrected chi connectivity index (χ3v) is 4.46. The van der Waals surface area contributed by atoms with Crippen LogP contribution in [0.5, 0.6) is 0 Å². The average molecular weight is 283 g/mol. The molecule has 0 amide bonds. The van der Waals surface area contributed by atoms with Gasteiger partial charge < -0.3 is 5.73 Å². The van der Waals surface area contributed by atoms with Gasteiger partial charge in [0.2, 0.25) is 0 Å². The normalized spacial score (nSPS) is 11.7. The predicted molar refractivity (Wildman–Crippen MR) is 69.6 cm³/mol. The summed E-state index contributed by atoms with van der Waals surface area (Å²) in [5, 5.41) is 4.09. The number of halogens is 1. The van der Waals surface area contributed by atoms with Crippen LogP contribution >= 0.6 is 0 Å². The number of hydrogen-bond donors (Lipinski definition) is 1. The molecule has 1 aromatic heterocycles. The highest BCUT2D eigenvalue weighted by Crippen LogP contribution is 2.23. The summed E-state index contributed by atoms with van der Waals surface area (Å²) in [6, 6.07) is 4.96. The Balaban J connectivity index is 2.40. The molecule has 102 valence electrons. The first kappa shape index (κ1) is 13.5. The number of benzene rings is 1. The number of aromatic nitrogens is 2. The van der Waals surface area contributed by atoms with Crippen molar-refractivity contribution in [3.8, 4) is 0 Å². The number of rotatable bonds is 3. The number of nitrogens with two attached hydrogens (primary N) is 1. The summed E-state index contributed by atoms with van der Waals surface area (Å²) in [7, 11) is -1.95. The highest BCUT2D eigenvalue weighted by molar-refractivity contribution is 7.90. The Morgan fingerprint density at radius 1 is 1.37 bits per heavy atom. The molecular formula is C12H14FN3O2S. The van der Waals surface area contributed by atoms with Crippen molar-refractivity contribution < 1.29 is 12.8 Å². The predicted octanol–water partition coefficient (Wildman–Crippen LogP) is 1.42. The van der Waals surface area contributed by atoms with Gasteiger partial charge in [-0.25, -0.2) is 12.8 Å². The number of nitrogens with zero attached hydrogens (tertiary/aromatic N) is 2. The Labute approximate surface area is 110 Å². The van der Waals surface area contributed by atoms with E-state index in [1.165, 1.54) is 10.7 Å². The lowest BCUT2D eigenvalue weighted by atomic mass is 10.3. The van der Waals surface area contributed by atoms with E-state index >= 15 is 0 Å². The van der Waals surface area contributed by atoms with E-state index in [1.807, 2.05) is 0 Å². The molecule has 0 radical (unpaired) electrons. The van der Waals surface area contributed by atoms with Crippen LogP contribution in [0.3, 0.4) is 0 Å². The van der Waals surface area contributed by atoms with Crippen LogP contribution in [0.15, 0.2) is 29.2 Å². The standard InChI is InChI=1S/C12H14FN3O2S/c1-8-5-10(16(2)15-8)7-19(17,18)12-4-3-9(13)6-11(12)14/h3-6H,7,14H2,1-2H3. The van der Waals surface area contributed by atoms with Gasteiger partial charge in [-0.3, -0.25) is 4.68 Å². The van der Waals surface area contributed by atoms with Crippen molar-refractivity contribution in [1.29, 1.82) is 0 Å². The van der Waals surface area contributed by atoms with E-state index in [0.29, 0.717) is 5.69 Å². The molecule has 0 spiro atoms. The minimum absolute atomic E-state index is 0.0623. The largest absolute Gasteiger partial charge is 0.398 e. The fourth-order valence-electron chi connectivity index (χ4n) is 1.87. The Bertz CT molecular complexity index is 723. The lowest BCUT2D eigenvalue weighted by Crippen LogP contribution is -2.11. The zero-order valence-corrected chi connectivity index (χ0v) is 11.4. The zero-order valence-electron chi connectivity index (χ0n) is 10.6. The summed E-state index contributed by atoms with van der Waals surface area (Å²) in [6.07, 6.45) is 0. The highest BCUT2D eigenvalue weighted by atomic mass is 32.2. The summed E-state index contributed by atoms with van der Waals surface area (Å²) in [6.45, 7) is 1.78. The SMILES string of the molecule is Cc1cc(CS(=O)(=O)c2ccc(F)cc2N)n(C)n1. The molecule has 0 saturated heterocycles. The number of aryl methyl sites for hydroxylation is 2. The van der Waals surface area contributed by atoms with Crippen LogP contribution in [0.25, 0.3) is 0 Å². The molecule has 2 N–H and O–H groups in total. The Hall–Kier alpha value is -1.89. The van der Waals surface area contributed by atoms with Crippen molar-refractivity contribution in [3.63, 3.8) is 0 Å². The van der Waals surface area contributed by atoms with Gasteiger partial charge in [-0.05, 0) is 31.2 Å². The van der Waals surface area contributed by atoms with Gasteiger partial charge in [-0.1, -0.05) is 0 Å². The van der Waals surface area contributed by atoms with Crippen molar-refractivity contribution in [1.82, 2.24) is 9.78 Å². The quantitative estimate of drug-likeness (QED) is 0.682. The molecule has 2 rings (SSSR count). The van der Waals surface area contributed by atoms with Gasteiger partial charge in [-0.2, -0.15) is 5.10 Å². The lowest BCUT2D eigenvalue weighted by Gasteiger charge is -2.07. The molecule has 2 aromatic rings. The molecule has 0 bridgehead atoms. The number of hydrogen-bond acceptors (Lipinski definition) is 4. The van der Waals surface area contributed by atoms with Crippen molar-refractivity contribution in [2.24, 2.45) is 7.05 Å². The van der Waals surface area contributed by atoms with Gasteiger partial charge in [0.05, 0.1) is 27.7 Å². The van der Waals surface area contributed by atoms with Gasteiger partial charge in [0.15, 0.2) is 9.84 Å². The van der Waals surface area contributed by atoms with Gasteiger partial charge in [-0.15, -0.1) is 0 Å². The van der Waals surface area contributed by atoms with E-state index in [2.05, 4.69) is 5.10 Å². The van der Waals surface area contributed by atoms with Crippen LogP contribution < -0.4 is 5.73 Å². The smallest absolute Gasteiger partial charge is 0.186 e. The topological polar surface area (TPSA) is 78.0 Å². The third kappa shape index (κ3) is 2.76. The second-order valence-corrected chi connectivity index (χ2v) is 6.30. The van der Waals surface area contributed by atoms with Crippen molar-refractivity contribution in [2.75, 3.05) is 5.73 Å². The second-order valence-electron chi connectivity index (χ2n) is 4.34. The molecule has 0 fully saturated rings. The molecule has 5 nitrogen and oxygen atoms in total. The first-order chi connectivity index (χ1) is 8.79. The van der Waals surface area contributed by atoms with Crippen LogP contribution in [-0.2, 0) is 22.6 Å². The fraction of sp³-hybridized carbons (Fsp3) is 0.250. The van der Waals surface area contributed by atoms with Crippen LogP contribution in [0.4, 0.5) is 10.1 Å². The number of anilines is 1.